The Labute approximate surface area is 206 Å². The number of rotatable bonds is 4. The molecule has 1 atom stereocenters. The molecular formula is C26H24ClFN6O. The monoisotopic (exact) mass is 490 g/mol. The average molecular weight is 491 g/mol. The molecule has 1 saturated heterocycles. The molecule has 0 unspecified atom stereocenters. The second kappa shape index (κ2) is 8.70. The van der Waals surface area contributed by atoms with Crippen LogP contribution in [0, 0.1) is 18.8 Å². The fraction of sp³-hybridized carbons (Fsp3) is 0.308. The highest BCUT2D eigenvalue weighted by Crippen LogP contribution is 2.43. The number of hydrogen-bond acceptors (Lipinski definition) is 5. The van der Waals surface area contributed by atoms with Gasteiger partial charge in [0.15, 0.2) is 0 Å². The van der Waals surface area contributed by atoms with Crippen molar-refractivity contribution >= 4 is 33.5 Å². The van der Waals surface area contributed by atoms with E-state index in [1.807, 2.05) is 38.2 Å². The standard InChI is InChI=1S/C26H24ClFN6O/c1-15-23(33(2)32-31-15)18-12-20-22(29-13-18)21-25(19(27)14-30-26(21)28)34(20)24(16-6-4-3-5-7-16)17-8-10-35-11-9-17/h3-7,12-14,17,24H,8-11H2,1-2H3/t24-/m1/s1. The number of benzene rings is 1. The quantitative estimate of drug-likeness (QED) is 0.311. The Kier molecular flexibility index (Phi) is 5.50. The van der Waals surface area contributed by atoms with Crippen LogP contribution >= 0.6 is 11.6 Å². The van der Waals surface area contributed by atoms with Gasteiger partial charge in [-0.1, -0.05) is 47.1 Å². The van der Waals surface area contributed by atoms with Gasteiger partial charge >= 0.3 is 0 Å². The maximum atomic E-state index is 15.3. The lowest BCUT2D eigenvalue weighted by Crippen LogP contribution is -2.27. The largest absolute Gasteiger partial charge is 0.381 e. The van der Waals surface area contributed by atoms with Gasteiger partial charge in [-0.2, -0.15) is 4.39 Å². The van der Waals surface area contributed by atoms with Crippen LogP contribution < -0.4 is 0 Å². The molecule has 6 rings (SSSR count). The lowest BCUT2D eigenvalue weighted by molar-refractivity contribution is 0.0553. The van der Waals surface area contributed by atoms with Gasteiger partial charge < -0.3 is 9.30 Å². The molecule has 0 radical (unpaired) electrons. The van der Waals surface area contributed by atoms with E-state index in [-0.39, 0.29) is 12.0 Å². The molecule has 1 fully saturated rings. The molecule has 0 bridgehead atoms. The van der Waals surface area contributed by atoms with Crippen LogP contribution in [0.2, 0.25) is 5.02 Å². The number of fused-ring (bicyclic) bond motifs is 3. The van der Waals surface area contributed by atoms with Gasteiger partial charge in [0, 0.05) is 32.0 Å². The van der Waals surface area contributed by atoms with E-state index in [1.165, 1.54) is 6.20 Å². The third kappa shape index (κ3) is 3.59. The van der Waals surface area contributed by atoms with E-state index in [2.05, 4.69) is 32.0 Å². The summed E-state index contributed by atoms with van der Waals surface area (Å²) < 4.78 is 24.8. The van der Waals surface area contributed by atoms with Crippen LogP contribution in [-0.2, 0) is 11.8 Å². The number of pyridine rings is 2. The highest BCUT2D eigenvalue weighted by Gasteiger charge is 2.32. The molecule has 0 spiro atoms. The molecule has 5 aromatic rings. The minimum atomic E-state index is -0.578. The van der Waals surface area contributed by atoms with E-state index in [9.17, 15) is 0 Å². The normalized spacial score (nSPS) is 15.8. The van der Waals surface area contributed by atoms with Gasteiger partial charge in [-0.3, -0.25) is 4.98 Å². The van der Waals surface area contributed by atoms with Crippen molar-refractivity contribution in [2.24, 2.45) is 13.0 Å². The smallest absolute Gasteiger partial charge is 0.224 e. The van der Waals surface area contributed by atoms with Crippen LogP contribution in [0.25, 0.3) is 33.2 Å². The van der Waals surface area contributed by atoms with Gasteiger partial charge in [-0.05, 0) is 37.3 Å². The first-order valence-electron chi connectivity index (χ1n) is 11.7. The van der Waals surface area contributed by atoms with Crippen molar-refractivity contribution in [2.75, 3.05) is 13.2 Å². The zero-order chi connectivity index (χ0) is 24.1. The fourth-order valence-electron chi connectivity index (χ4n) is 5.44. The Bertz CT molecular complexity index is 1520. The number of nitrogens with zero attached hydrogens (tertiary/aromatic N) is 6. The molecule has 4 aromatic heterocycles. The van der Waals surface area contributed by atoms with Crippen LogP contribution in [0.1, 0.15) is 30.1 Å². The SMILES string of the molecule is Cc1nnn(C)c1-c1cnc2c3c(F)ncc(Cl)c3n([C@H](c3ccccc3)C3CCOCC3)c2c1. The molecular weight excluding hydrogens is 467 g/mol. The van der Waals surface area contributed by atoms with Crippen LogP contribution in [0.5, 0.6) is 0 Å². The number of halogens is 2. The van der Waals surface area contributed by atoms with E-state index in [4.69, 9.17) is 21.3 Å². The Balaban J connectivity index is 1.71. The van der Waals surface area contributed by atoms with E-state index in [0.717, 1.165) is 40.9 Å². The Morgan fingerprint density at radius 3 is 2.60 bits per heavy atom. The van der Waals surface area contributed by atoms with Crippen LogP contribution in [-0.4, -0.2) is 42.7 Å². The maximum absolute atomic E-state index is 15.3. The average Bonchev–Trinajstić information content (AvgIpc) is 3.40. The van der Waals surface area contributed by atoms with Gasteiger partial charge in [-0.25, -0.2) is 9.67 Å². The molecule has 1 aliphatic heterocycles. The van der Waals surface area contributed by atoms with Crippen molar-refractivity contribution in [3.05, 3.63) is 71.0 Å². The summed E-state index contributed by atoms with van der Waals surface area (Å²) in [7, 11) is 1.85. The number of aromatic nitrogens is 6. The van der Waals surface area contributed by atoms with Crippen LogP contribution in [0.4, 0.5) is 4.39 Å². The summed E-state index contributed by atoms with van der Waals surface area (Å²) in [6.45, 7) is 3.30. The highest BCUT2D eigenvalue weighted by atomic mass is 35.5. The zero-order valence-electron chi connectivity index (χ0n) is 19.4. The summed E-state index contributed by atoms with van der Waals surface area (Å²) in [4.78, 5) is 8.66. The maximum Gasteiger partial charge on any atom is 0.224 e. The Morgan fingerprint density at radius 1 is 1.11 bits per heavy atom. The van der Waals surface area contributed by atoms with Crippen LogP contribution in [0.3, 0.4) is 0 Å². The highest BCUT2D eigenvalue weighted by molar-refractivity contribution is 6.36. The fourth-order valence-corrected chi connectivity index (χ4v) is 5.67. The Morgan fingerprint density at radius 2 is 1.89 bits per heavy atom. The summed E-state index contributed by atoms with van der Waals surface area (Å²) in [6.07, 6.45) is 4.91. The molecule has 7 nitrogen and oxygen atoms in total. The number of hydrogen-bond donors (Lipinski definition) is 0. The van der Waals surface area contributed by atoms with Gasteiger partial charge in [0.25, 0.3) is 0 Å². The molecule has 0 N–H and O–H groups in total. The van der Waals surface area contributed by atoms with Gasteiger partial charge in [-0.15, -0.1) is 5.10 Å². The molecule has 1 aromatic carbocycles. The van der Waals surface area contributed by atoms with E-state index in [1.54, 1.807) is 10.9 Å². The Hall–Kier alpha value is -3.36. The van der Waals surface area contributed by atoms with Gasteiger partial charge in [0.1, 0.15) is 5.52 Å². The molecule has 178 valence electrons. The predicted octanol–water partition coefficient (Wildman–Crippen LogP) is 5.50. The van der Waals surface area contributed by atoms with Crippen molar-refractivity contribution in [1.29, 1.82) is 0 Å². The first-order valence-corrected chi connectivity index (χ1v) is 12.1. The third-order valence-corrected chi connectivity index (χ3v) is 7.24. The second-order valence-electron chi connectivity index (χ2n) is 9.03. The lowest BCUT2D eigenvalue weighted by Gasteiger charge is -2.33. The van der Waals surface area contributed by atoms with Gasteiger partial charge in [0.05, 0.1) is 45.1 Å². The summed E-state index contributed by atoms with van der Waals surface area (Å²) in [5, 5.41) is 9.08. The van der Waals surface area contributed by atoms with E-state index < -0.39 is 5.95 Å². The van der Waals surface area contributed by atoms with Crippen molar-refractivity contribution in [3.8, 4) is 11.3 Å². The molecule has 1 aliphatic rings. The first-order chi connectivity index (χ1) is 17.0. The van der Waals surface area contributed by atoms with E-state index >= 15 is 4.39 Å². The topological polar surface area (TPSA) is 70.7 Å². The molecule has 0 aliphatic carbocycles. The predicted molar refractivity (Wildman–Crippen MR) is 133 cm³/mol. The summed E-state index contributed by atoms with van der Waals surface area (Å²) >= 11 is 6.74. The second-order valence-corrected chi connectivity index (χ2v) is 9.44. The van der Waals surface area contributed by atoms with E-state index in [0.29, 0.717) is 34.7 Å². The molecule has 35 heavy (non-hydrogen) atoms. The lowest BCUT2D eigenvalue weighted by atomic mass is 9.86. The minimum absolute atomic E-state index is 0.0813. The van der Waals surface area contributed by atoms with Crippen molar-refractivity contribution in [3.63, 3.8) is 0 Å². The molecule has 5 heterocycles. The van der Waals surface area contributed by atoms with Crippen molar-refractivity contribution < 1.29 is 9.13 Å². The zero-order valence-corrected chi connectivity index (χ0v) is 20.2. The summed E-state index contributed by atoms with van der Waals surface area (Å²) in [5.41, 5.74) is 5.60. The minimum Gasteiger partial charge on any atom is -0.381 e. The summed E-state index contributed by atoms with van der Waals surface area (Å²) in [5.74, 6) is -0.299. The van der Waals surface area contributed by atoms with Crippen molar-refractivity contribution in [2.45, 2.75) is 25.8 Å². The van der Waals surface area contributed by atoms with Crippen LogP contribution in [0.15, 0.2) is 48.8 Å². The third-order valence-electron chi connectivity index (χ3n) is 6.97. The molecule has 0 saturated carbocycles. The molecule has 9 heteroatoms. The number of ether oxygens (including phenoxy) is 1. The van der Waals surface area contributed by atoms with Gasteiger partial charge in [0.2, 0.25) is 5.95 Å². The molecule has 0 amide bonds. The van der Waals surface area contributed by atoms with Crippen molar-refractivity contribution in [1.82, 2.24) is 29.5 Å². The first kappa shape index (κ1) is 22.1. The number of aryl methyl sites for hydroxylation is 2. The summed E-state index contributed by atoms with van der Waals surface area (Å²) in [6, 6.07) is 12.3.